The van der Waals surface area contributed by atoms with Crippen molar-refractivity contribution in [2.45, 2.75) is 12.7 Å². The first kappa shape index (κ1) is 12.1. The third-order valence-corrected chi connectivity index (χ3v) is 3.11. The quantitative estimate of drug-likeness (QED) is 0.743. The zero-order valence-corrected chi connectivity index (χ0v) is 9.51. The van der Waals surface area contributed by atoms with Gasteiger partial charge in [-0.1, -0.05) is 6.07 Å². The molecule has 0 saturated carbocycles. The van der Waals surface area contributed by atoms with Crippen molar-refractivity contribution < 1.29 is 9.90 Å². The third-order valence-electron chi connectivity index (χ3n) is 2.12. The van der Waals surface area contributed by atoms with E-state index in [-0.39, 0.29) is 6.61 Å². The molecule has 15 heavy (non-hydrogen) atoms. The van der Waals surface area contributed by atoms with Gasteiger partial charge < -0.3 is 10.8 Å². The second-order valence-corrected chi connectivity index (χ2v) is 4.39. The lowest BCUT2D eigenvalue weighted by Crippen LogP contribution is -2.11. The molecule has 0 atom stereocenters. The average molecular weight is 225 g/mol. The monoisotopic (exact) mass is 225 g/mol. The summed E-state index contributed by atoms with van der Waals surface area (Å²) in [6.45, 7) is 2.16. The molecule has 0 saturated heterocycles. The van der Waals surface area contributed by atoms with Gasteiger partial charge in [0, 0.05) is 17.1 Å². The van der Waals surface area contributed by atoms with E-state index in [2.05, 4.69) is 0 Å². The topological polar surface area (TPSA) is 63.3 Å². The molecule has 1 aromatic rings. The number of primary amides is 1. The van der Waals surface area contributed by atoms with Crippen molar-refractivity contribution in [3.05, 3.63) is 34.9 Å². The van der Waals surface area contributed by atoms with E-state index in [4.69, 9.17) is 10.8 Å². The summed E-state index contributed by atoms with van der Waals surface area (Å²) in [5.41, 5.74) is 7.97. The second-order valence-electron chi connectivity index (χ2n) is 3.28. The summed E-state index contributed by atoms with van der Waals surface area (Å²) in [7, 11) is 0. The molecule has 4 heteroatoms. The van der Waals surface area contributed by atoms with Crippen LogP contribution in [0.5, 0.6) is 0 Å². The zero-order chi connectivity index (χ0) is 11.3. The summed E-state index contributed by atoms with van der Waals surface area (Å²) in [6, 6.07) is 5.46. The van der Waals surface area contributed by atoms with Crippen molar-refractivity contribution in [3.63, 3.8) is 0 Å². The van der Waals surface area contributed by atoms with Crippen LogP contribution in [0, 0.1) is 6.92 Å². The molecule has 0 aromatic heterocycles. The molecule has 0 spiro atoms. The summed E-state index contributed by atoms with van der Waals surface area (Å²) in [5, 5.41) is 8.65. The number of carbonyl (C=O) groups is 1. The van der Waals surface area contributed by atoms with E-state index in [0.29, 0.717) is 5.56 Å². The minimum absolute atomic E-state index is 0.198. The largest absolute Gasteiger partial charge is 0.396 e. The van der Waals surface area contributed by atoms with Crippen LogP contribution in [-0.2, 0) is 5.75 Å². The molecular formula is C11H15NO2S. The van der Waals surface area contributed by atoms with E-state index >= 15 is 0 Å². The highest BCUT2D eigenvalue weighted by molar-refractivity contribution is 7.98. The highest BCUT2D eigenvalue weighted by Gasteiger charge is 2.03. The van der Waals surface area contributed by atoms with Crippen LogP contribution in [0.1, 0.15) is 21.5 Å². The molecule has 3 nitrogen and oxygen atoms in total. The number of thioether (sulfide) groups is 1. The number of hydrogen-bond acceptors (Lipinski definition) is 3. The van der Waals surface area contributed by atoms with Gasteiger partial charge in [-0.25, -0.2) is 0 Å². The van der Waals surface area contributed by atoms with Gasteiger partial charge in [-0.15, -0.1) is 0 Å². The Morgan fingerprint density at radius 2 is 2.27 bits per heavy atom. The van der Waals surface area contributed by atoms with E-state index in [1.54, 1.807) is 23.9 Å². The van der Waals surface area contributed by atoms with Gasteiger partial charge in [0.15, 0.2) is 0 Å². The van der Waals surface area contributed by atoms with Crippen molar-refractivity contribution in [2.24, 2.45) is 5.73 Å². The maximum Gasteiger partial charge on any atom is 0.248 e. The highest BCUT2D eigenvalue weighted by Crippen LogP contribution is 2.17. The van der Waals surface area contributed by atoms with Crippen LogP contribution in [0.25, 0.3) is 0 Å². The van der Waals surface area contributed by atoms with Crippen LogP contribution in [0.2, 0.25) is 0 Å². The Morgan fingerprint density at radius 1 is 1.53 bits per heavy atom. The summed E-state index contributed by atoms with van der Waals surface area (Å²) in [5.74, 6) is 1.19. The number of rotatable bonds is 5. The number of carbonyl (C=O) groups excluding carboxylic acids is 1. The van der Waals surface area contributed by atoms with Crippen LogP contribution in [0.3, 0.4) is 0 Å². The molecule has 0 heterocycles. The molecule has 0 aliphatic heterocycles. The van der Waals surface area contributed by atoms with Gasteiger partial charge in [-0.05, 0) is 30.2 Å². The number of amides is 1. The average Bonchev–Trinajstić information content (AvgIpc) is 2.20. The van der Waals surface area contributed by atoms with Crippen molar-refractivity contribution >= 4 is 17.7 Å². The summed E-state index contributed by atoms with van der Waals surface area (Å²) < 4.78 is 0. The Morgan fingerprint density at radius 3 is 2.80 bits per heavy atom. The number of aliphatic hydroxyl groups excluding tert-OH is 1. The molecular weight excluding hydrogens is 210 g/mol. The molecule has 0 aliphatic carbocycles. The summed E-state index contributed by atoms with van der Waals surface area (Å²) >= 11 is 1.67. The molecule has 1 amide bonds. The van der Waals surface area contributed by atoms with Gasteiger partial charge >= 0.3 is 0 Å². The number of hydrogen-bond donors (Lipinski definition) is 2. The first-order valence-electron chi connectivity index (χ1n) is 4.73. The van der Waals surface area contributed by atoms with Gasteiger partial charge in [0.25, 0.3) is 0 Å². The smallest absolute Gasteiger partial charge is 0.248 e. The number of aliphatic hydroxyl groups is 1. The zero-order valence-electron chi connectivity index (χ0n) is 8.69. The van der Waals surface area contributed by atoms with Gasteiger partial charge in [-0.3, -0.25) is 4.79 Å². The van der Waals surface area contributed by atoms with Crippen molar-refractivity contribution in [1.29, 1.82) is 0 Å². The van der Waals surface area contributed by atoms with Crippen molar-refractivity contribution in [1.82, 2.24) is 0 Å². The fraction of sp³-hybridized carbons (Fsp3) is 0.364. The first-order valence-corrected chi connectivity index (χ1v) is 5.88. The van der Waals surface area contributed by atoms with Crippen LogP contribution in [0.15, 0.2) is 18.2 Å². The lowest BCUT2D eigenvalue weighted by molar-refractivity contribution is 0.1000. The molecule has 1 aromatic carbocycles. The Kier molecular flexibility index (Phi) is 4.65. The summed E-state index contributed by atoms with van der Waals surface area (Å²) in [4.78, 5) is 10.9. The normalized spacial score (nSPS) is 10.3. The molecule has 3 N–H and O–H groups in total. The van der Waals surface area contributed by atoms with Gasteiger partial charge in [0.2, 0.25) is 5.91 Å². The summed E-state index contributed by atoms with van der Waals surface area (Å²) in [6.07, 6.45) is 0. The van der Waals surface area contributed by atoms with E-state index in [1.165, 1.54) is 5.56 Å². The fourth-order valence-corrected chi connectivity index (χ4v) is 2.08. The third kappa shape index (κ3) is 3.57. The van der Waals surface area contributed by atoms with Gasteiger partial charge in [0.05, 0.1) is 6.61 Å². The van der Waals surface area contributed by atoms with Crippen molar-refractivity contribution in [2.75, 3.05) is 12.4 Å². The maximum absolute atomic E-state index is 10.9. The van der Waals surface area contributed by atoms with Crippen LogP contribution in [-0.4, -0.2) is 23.4 Å². The second kappa shape index (κ2) is 5.78. The predicted molar refractivity (Wildman–Crippen MR) is 62.9 cm³/mol. The lowest BCUT2D eigenvalue weighted by Gasteiger charge is -2.06. The molecule has 1 rings (SSSR count). The first-order chi connectivity index (χ1) is 7.15. The fourth-order valence-electron chi connectivity index (χ4n) is 1.26. The molecule has 0 radical (unpaired) electrons. The molecule has 0 bridgehead atoms. The Bertz CT molecular complexity index is 352. The van der Waals surface area contributed by atoms with Gasteiger partial charge in [-0.2, -0.15) is 11.8 Å². The van der Waals surface area contributed by atoms with E-state index in [1.807, 2.05) is 13.0 Å². The van der Waals surface area contributed by atoms with Crippen LogP contribution < -0.4 is 5.73 Å². The van der Waals surface area contributed by atoms with E-state index < -0.39 is 5.91 Å². The van der Waals surface area contributed by atoms with Crippen LogP contribution >= 0.6 is 11.8 Å². The maximum atomic E-state index is 10.9. The number of aryl methyl sites for hydroxylation is 1. The van der Waals surface area contributed by atoms with Gasteiger partial charge in [0.1, 0.15) is 0 Å². The number of benzene rings is 1. The Balaban J connectivity index is 2.70. The SMILES string of the molecule is Cc1cc(C(N)=O)ccc1CSCCO. The van der Waals surface area contributed by atoms with E-state index in [9.17, 15) is 4.79 Å². The van der Waals surface area contributed by atoms with Crippen molar-refractivity contribution in [3.8, 4) is 0 Å². The molecule has 0 aliphatic rings. The van der Waals surface area contributed by atoms with Crippen LogP contribution in [0.4, 0.5) is 0 Å². The highest BCUT2D eigenvalue weighted by atomic mass is 32.2. The standard InChI is InChI=1S/C11H15NO2S/c1-8-6-9(11(12)14)2-3-10(8)7-15-5-4-13/h2-3,6,13H,4-5,7H2,1H3,(H2,12,14). The predicted octanol–water partition coefficient (Wildman–Crippen LogP) is 1.32. The Hall–Kier alpha value is -1.000. The lowest BCUT2D eigenvalue weighted by atomic mass is 10.1. The Labute approximate surface area is 93.7 Å². The molecule has 82 valence electrons. The molecule has 0 unspecified atom stereocenters. The minimum Gasteiger partial charge on any atom is -0.396 e. The molecule has 0 fully saturated rings. The minimum atomic E-state index is -0.396. The van der Waals surface area contributed by atoms with E-state index in [0.717, 1.165) is 17.1 Å². The number of nitrogens with two attached hydrogens (primary N) is 1.